The highest BCUT2D eigenvalue weighted by atomic mass is 16.3. The number of benzene rings is 1. The molecule has 152 valence electrons. The van der Waals surface area contributed by atoms with E-state index in [1.165, 1.54) is 0 Å². The van der Waals surface area contributed by atoms with Crippen LogP contribution in [0.3, 0.4) is 0 Å². The summed E-state index contributed by atoms with van der Waals surface area (Å²) >= 11 is 0. The molecule has 4 heterocycles. The SMILES string of the molecule is O=C(NCc1coc(-c2ccccc2)n1)[C@H]1[C@@H]2CNC[C@@H](C2)[C@@H]2CCCC(=O)N21. The summed E-state index contributed by atoms with van der Waals surface area (Å²) in [6.45, 7) is 2.02. The molecule has 0 radical (unpaired) electrons. The first-order valence-electron chi connectivity index (χ1n) is 10.5. The van der Waals surface area contributed by atoms with E-state index in [0.717, 1.165) is 37.9 Å². The van der Waals surface area contributed by atoms with E-state index >= 15 is 0 Å². The van der Waals surface area contributed by atoms with E-state index in [4.69, 9.17) is 4.42 Å². The van der Waals surface area contributed by atoms with Crippen molar-refractivity contribution >= 4 is 11.8 Å². The molecule has 1 aromatic carbocycles. The Kier molecular flexibility index (Phi) is 4.83. The van der Waals surface area contributed by atoms with Gasteiger partial charge in [-0.25, -0.2) is 4.98 Å². The summed E-state index contributed by atoms with van der Waals surface area (Å²) in [6.07, 6.45) is 5.07. The average molecular weight is 394 g/mol. The molecular formula is C22H26N4O3. The van der Waals surface area contributed by atoms with E-state index in [9.17, 15) is 9.59 Å². The van der Waals surface area contributed by atoms with Crippen LogP contribution in [-0.2, 0) is 16.1 Å². The predicted molar refractivity (Wildman–Crippen MR) is 107 cm³/mol. The number of piperidine rings is 3. The van der Waals surface area contributed by atoms with Gasteiger partial charge in [0.05, 0.1) is 12.2 Å². The van der Waals surface area contributed by atoms with Gasteiger partial charge >= 0.3 is 0 Å². The number of amides is 2. The fourth-order valence-electron chi connectivity index (χ4n) is 5.23. The lowest BCUT2D eigenvalue weighted by Crippen LogP contribution is -2.67. The molecule has 29 heavy (non-hydrogen) atoms. The summed E-state index contributed by atoms with van der Waals surface area (Å²) in [7, 11) is 0. The number of nitrogens with zero attached hydrogens (tertiary/aromatic N) is 2. The van der Waals surface area contributed by atoms with E-state index in [1.807, 2.05) is 35.2 Å². The summed E-state index contributed by atoms with van der Waals surface area (Å²) in [5.41, 5.74) is 1.58. The average Bonchev–Trinajstić information content (AvgIpc) is 3.23. The van der Waals surface area contributed by atoms with Crippen molar-refractivity contribution in [1.82, 2.24) is 20.5 Å². The number of oxazole rings is 1. The lowest BCUT2D eigenvalue weighted by molar-refractivity contribution is -0.157. The number of hydrogen-bond acceptors (Lipinski definition) is 5. The van der Waals surface area contributed by atoms with Gasteiger partial charge in [-0.15, -0.1) is 0 Å². The Balaban J connectivity index is 1.30. The maximum Gasteiger partial charge on any atom is 0.243 e. The Morgan fingerprint density at radius 1 is 1.24 bits per heavy atom. The lowest BCUT2D eigenvalue weighted by Gasteiger charge is -2.53. The number of fused-ring (bicyclic) bond motifs is 4. The molecule has 2 N–H and O–H groups in total. The van der Waals surface area contributed by atoms with Gasteiger partial charge < -0.3 is 20.0 Å². The zero-order chi connectivity index (χ0) is 19.8. The fraction of sp³-hybridized carbons (Fsp3) is 0.500. The summed E-state index contributed by atoms with van der Waals surface area (Å²) in [5, 5.41) is 6.48. The van der Waals surface area contributed by atoms with E-state index in [1.54, 1.807) is 6.26 Å². The zero-order valence-electron chi connectivity index (χ0n) is 16.3. The van der Waals surface area contributed by atoms with E-state index in [0.29, 0.717) is 30.5 Å². The summed E-state index contributed by atoms with van der Waals surface area (Å²) in [4.78, 5) is 32.3. The summed E-state index contributed by atoms with van der Waals surface area (Å²) < 4.78 is 5.56. The van der Waals surface area contributed by atoms with Crippen LogP contribution in [0.5, 0.6) is 0 Å². The first kappa shape index (κ1) is 18.4. The predicted octanol–water partition coefficient (Wildman–Crippen LogP) is 1.95. The third-order valence-corrected chi connectivity index (χ3v) is 6.53. The molecule has 3 fully saturated rings. The molecule has 1 aromatic heterocycles. The minimum atomic E-state index is -0.391. The Labute approximate surface area is 169 Å². The second-order valence-electron chi connectivity index (χ2n) is 8.35. The fourth-order valence-corrected chi connectivity index (χ4v) is 5.23. The highest BCUT2D eigenvalue weighted by Crippen LogP contribution is 2.39. The van der Waals surface area contributed by atoms with Crippen molar-refractivity contribution in [1.29, 1.82) is 0 Å². The largest absolute Gasteiger partial charge is 0.444 e. The maximum atomic E-state index is 13.2. The second kappa shape index (κ2) is 7.63. The van der Waals surface area contributed by atoms with E-state index in [-0.39, 0.29) is 23.8 Å². The molecule has 0 aliphatic carbocycles. The lowest BCUT2D eigenvalue weighted by atomic mass is 9.72. The third kappa shape index (κ3) is 3.44. The number of nitrogens with one attached hydrogen (secondary N) is 2. The monoisotopic (exact) mass is 394 g/mol. The van der Waals surface area contributed by atoms with Gasteiger partial charge in [-0.2, -0.15) is 0 Å². The minimum absolute atomic E-state index is 0.0818. The van der Waals surface area contributed by atoms with Gasteiger partial charge in [-0.05, 0) is 43.9 Å². The standard InChI is InChI=1S/C22H26N4O3/c27-19-8-4-7-18-15-9-16(11-23-10-15)20(26(18)19)21(28)24-12-17-13-29-22(25-17)14-5-2-1-3-6-14/h1-3,5-6,13,15-16,18,20,23H,4,7-12H2,(H,24,28)/t15-,16+,18+,20-/m1/s1. The topological polar surface area (TPSA) is 87.5 Å². The van der Waals surface area contributed by atoms with Crippen LogP contribution in [0.2, 0.25) is 0 Å². The van der Waals surface area contributed by atoms with Crippen molar-refractivity contribution in [3.8, 4) is 11.5 Å². The highest BCUT2D eigenvalue weighted by molar-refractivity contribution is 5.89. The quantitative estimate of drug-likeness (QED) is 0.828. The van der Waals surface area contributed by atoms with Crippen LogP contribution in [0.15, 0.2) is 41.0 Å². The first-order valence-corrected chi connectivity index (χ1v) is 10.5. The molecular weight excluding hydrogens is 368 g/mol. The Bertz CT molecular complexity index is 896. The Hall–Kier alpha value is -2.67. The normalized spacial score (nSPS) is 28.7. The van der Waals surface area contributed by atoms with E-state index in [2.05, 4.69) is 15.6 Å². The highest BCUT2D eigenvalue weighted by Gasteiger charge is 2.50. The molecule has 2 aromatic rings. The molecule has 5 rings (SSSR count). The maximum absolute atomic E-state index is 13.2. The zero-order valence-corrected chi connectivity index (χ0v) is 16.3. The van der Waals surface area contributed by atoms with Crippen LogP contribution in [0, 0.1) is 11.8 Å². The van der Waals surface area contributed by atoms with Crippen molar-refractivity contribution in [2.24, 2.45) is 11.8 Å². The number of carbonyl (C=O) groups excluding carboxylic acids is 2. The van der Waals surface area contributed by atoms with Crippen LogP contribution in [0.1, 0.15) is 31.4 Å². The van der Waals surface area contributed by atoms with Gasteiger partial charge in [0.2, 0.25) is 17.7 Å². The number of carbonyl (C=O) groups is 2. The molecule has 4 atom stereocenters. The van der Waals surface area contributed by atoms with Crippen LogP contribution in [0.25, 0.3) is 11.5 Å². The first-order chi connectivity index (χ1) is 14.2. The molecule has 0 unspecified atom stereocenters. The number of aromatic nitrogens is 1. The molecule has 2 amide bonds. The minimum Gasteiger partial charge on any atom is -0.444 e. The van der Waals surface area contributed by atoms with Gasteiger partial charge in [0, 0.05) is 30.5 Å². The molecule has 3 aliphatic heterocycles. The second-order valence-corrected chi connectivity index (χ2v) is 8.35. The van der Waals surface area contributed by atoms with Crippen LogP contribution >= 0.6 is 0 Å². The smallest absolute Gasteiger partial charge is 0.243 e. The summed E-state index contributed by atoms with van der Waals surface area (Å²) in [5.74, 6) is 1.22. The van der Waals surface area contributed by atoms with Gasteiger partial charge in [0.1, 0.15) is 12.3 Å². The molecule has 3 saturated heterocycles. The van der Waals surface area contributed by atoms with Gasteiger partial charge in [0.25, 0.3) is 0 Å². The third-order valence-electron chi connectivity index (χ3n) is 6.53. The van der Waals surface area contributed by atoms with Crippen molar-refractivity contribution < 1.29 is 14.0 Å². The molecule has 7 heteroatoms. The van der Waals surface area contributed by atoms with Gasteiger partial charge in [0.15, 0.2) is 0 Å². The van der Waals surface area contributed by atoms with Crippen molar-refractivity contribution in [3.05, 3.63) is 42.3 Å². The molecule has 3 aliphatic rings. The van der Waals surface area contributed by atoms with Gasteiger partial charge in [-0.3, -0.25) is 9.59 Å². The van der Waals surface area contributed by atoms with Crippen molar-refractivity contribution in [2.75, 3.05) is 13.1 Å². The van der Waals surface area contributed by atoms with E-state index < -0.39 is 6.04 Å². The molecule has 7 nitrogen and oxygen atoms in total. The Morgan fingerprint density at radius 3 is 2.93 bits per heavy atom. The number of hydrogen-bond donors (Lipinski definition) is 2. The summed E-state index contributed by atoms with van der Waals surface area (Å²) in [6, 6.07) is 9.47. The Morgan fingerprint density at radius 2 is 2.07 bits per heavy atom. The van der Waals surface area contributed by atoms with Crippen LogP contribution in [0.4, 0.5) is 0 Å². The number of rotatable bonds is 4. The van der Waals surface area contributed by atoms with Crippen molar-refractivity contribution in [3.63, 3.8) is 0 Å². The van der Waals surface area contributed by atoms with Crippen LogP contribution in [-0.4, -0.2) is 46.9 Å². The van der Waals surface area contributed by atoms with Crippen molar-refractivity contribution in [2.45, 2.75) is 44.3 Å². The molecule has 0 saturated carbocycles. The molecule has 2 bridgehead atoms. The van der Waals surface area contributed by atoms with Crippen LogP contribution < -0.4 is 10.6 Å². The van der Waals surface area contributed by atoms with Gasteiger partial charge in [-0.1, -0.05) is 18.2 Å². The molecule has 0 spiro atoms.